The van der Waals surface area contributed by atoms with Crippen molar-refractivity contribution in [3.8, 4) is 11.6 Å². The largest absolute Gasteiger partial charge is 0.437 e. The normalized spacial score (nSPS) is 10.3. The number of ether oxygens (including phenoxy) is 1. The highest BCUT2D eigenvalue weighted by molar-refractivity contribution is 5.31. The fourth-order valence-electron chi connectivity index (χ4n) is 1.54. The van der Waals surface area contributed by atoms with Crippen LogP contribution in [0.1, 0.15) is 18.2 Å². The Morgan fingerprint density at radius 1 is 1.22 bits per heavy atom. The second-order valence-electron chi connectivity index (χ2n) is 3.99. The van der Waals surface area contributed by atoms with Gasteiger partial charge in [-0.2, -0.15) is 0 Å². The van der Waals surface area contributed by atoms with Gasteiger partial charge in [0.2, 0.25) is 5.88 Å². The molecule has 18 heavy (non-hydrogen) atoms. The summed E-state index contributed by atoms with van der Waals surface area (Å²) in [5.74, 6) is 1.33. The van der Waals surface area contributed by atoms with E-state index in [4.69, 9.17) is 4.74 Å². The Hall–Kier alpha value is -1.94. The molecule has 2 aromatic rings. The van der Waals surface area contributed by atoms with Gasteiger partial charge in [0.05, 0.1) is 6.20 Å². The molecular weight excluding hydrogens is 226 g/mol. The third-order valence-electron chi connectivity index (χ3n) is 2.51. The number of nitrogens with one attached hydrogen (secondary N) is 1. The van der Waals surface area contributed by atoms with E-state index in [9.17, 15) is 0 Å². The molecule has 0 aliphatic heterocycles. The molecule has 2 aromatic heterocycles. The summed E-state index contributed by atoms with van der Waals surface area (Å²) in [7, 11) is 0. The van der Waals surface area contributed by atoms with E-state index in [1.807, 2.05) is 31.2 Å². The molecule has 0 saturated heterocycles. The van der Waals surface area contributed by atoms with Crippen molar-refractivity contribution >= 4 is 0 Å². The monoisotopic (exact) mass is 243 g/mol. The quantitative estimate of drug-likeness (QED) is 0.877. The minimum Gasteiger partial charge on any atom is -0.437 e. The van der Waals surface area contributed by atoms with Crippen LogP contribution in [0.2, 0.25) is 0 Å². The van der Waals surface area contributed by atoms with E-state index < -0.39 is 0 Å². The summed E-state index contributed by atoms with van der Waals surface area (Å²) in [4.78, 5) is 8.46. The Kier molecular flexibility index (Phi) is 4.25. The van der Waals surface area contributed by atoms with E-state index in [1.54, 1.807) is 12.4 Å². The summed E-state index contributed by atoms with van der Waals surface area (Å²) < 4.78 is 5.75. The number of rotatable bonds is 5. The van der Waals surface area contributed by atoms with E-state index in [0.717, 1.165) is 24.3 Å². The van der Waals surface area contributed by atoms with Gasteiger partial charge in [-0.15, -0.1) is 0 Å². The Morgan fingerprint density at radius 3 is 2.83 bits per heavy atom. The molecule has 1 N–H and O–H groups in total. The third kappa shape index (κ3) is 3.28. The number of aromatic nitrogens is 2. The Bertz CT molecular complexity index is 497. The predicted molar refractivity (Wildman–Crippen MR) is 70.7 cm³/mol. The van der Waals surface area contributed by atoms with Crippen LogP contribution in [0.25, 0.3) is 0 Å². The molecule has 4 nitrogen and oxygen atoms in total. The molecule has 0 radical (unpaired) electrons. The fraction of sp³-hybridized carbons (Fsp3) is 0.286. The molecule has 0 aliphatic carbocycles. The van der Waals surface area contributed by atoms with Gasteiger partial charge >= 0.3 is 0 Å². The lowest BCUT2D eigenvalue weighted by atomic mass is 10.2. The molecular formula is C14H17N3O. The van der Waals surface area contributed by atoms with Crippen LogP contribution in [-0.4, -0.2) is 16.5 Å². The summed E-state index contributed by atoms with van der Waals surface area (Å²) in [6, 6.07) is 7.73. The lowest BCUT2D eigenvalue weighted by Crippen LogP contribution is -2.12. The number of nitrogens with zero attached hydrogens (tertiary/aromatic N) is 2. The summed E-state index contributed by atoms with van der Waals surface area (Å²) in [5.41, 5.74) is 2.01. The van der Waals surface area contributed by atoms with Gasteiger partial charge in [-0.25, -0.2) is 4.98 Å². The third-order valence-corrected chi connectivity index (χ3v) is 2.51. The molecule has 94 valence electrons. The van der Waals surface area contributed by atoms with E-state index in [0.29, 0.717) is 11.6 Å². The number of hydrogen-bond donors (Lipinski definition) is 1. The molecule has 0 amide bonds. The van der Waals surface area contributed by atoms with Gasteiger partial charge in [-0.3, -0.25) is 4.98 Å². The number of pyridine rings is 2. The number of aryl methyl sites for hydroxylation is 1. The van der Waals surface area contributed by atoms with Crippen molar-refractivity contribution in [2.45, 2.75) is 20.4 Å². The molecule has 0 aliphatic rings. The van der Waals surface area contributed by atoms with E-state index >= 15 is 0 Å². The van der Waals surface area contributed by atoms with Gasteiger partial charge in [-0.1, -0.05) is 13.0 Å². The first-order valence-corrected chi connectivity index (χ1v) is 6.04. The van der Waals surface area contributed by atoms with Crippen LogP contribution in [0.3, 0.4) is 0 Å². The average Bonchev–Trinajstić information content (AvgIpc) is 2.40. The topological polar surface area (TPSA) is 47.0 Å². The Balaban J connectivity index is 2.15. The zero-order valence-corrected chi connectivity index (χ0v) is 10.7. The summed E-state index contributed by atoms with van der Waals surface area (Å²) in [6.45, 7) is 5.68. The predicted octanol–water partition coefficient (Wildman–Crippen LogP) is 2.69. The molecule has 2 heterocycles. The lowest BCUT2D eigenvalue weighted by molar-refractivity contribution is 0.451. The zero-order chi connectivity index (χ0) is 12.8. The smallest absolute Gasteiger partial charge is 0.223 e. The molecule has 0 fully saturated rings. The molecule has 0 bridgehead atoms. The highest BCUT2D eigenvalue weighted by Crippen LogP contribution is 2.22. The molecule has 0 atom stereocenters. The van der Waals surface area contributed by atoms with E-state index in [2.05, 4.69) is 22.2 Å². The van der Waals surface area contributed by atoms with Crippen LogP contribution >= 0.6 is 0 Å². The first-order valence-electron chi connectivity index (χ1n) is 6.04. The lowest BCUT2D eigenvalue weighted by Gasteiger charge is -2.09. The Morgan fingerprint density at radius 2 is 2.11 bits per heavy atom. The molecule has 0 unspecified atom stereocenters. The van der Waals surface area contributed by atoms with Crippen molar-refractivity contribution in [2.24, 2.45) is 0 Å². The highest BCUT2D eigenvalue weighted by atomic mass is 16.5. The summed E-state index contributed by atoms with van der Waals surface area (Å²) >= 11 is 0. The first kappa shape index (κ1) is 12.5. The SMILES string of the molecule is CCNCc1cccnc1Oc1ccc(C)nc1. The van der Waals surface area contributed by atoms with E-state index in [-0.39, 0.29) is 0 Å². The van der Waals surface area contributed by atoms with Crippen molar-refractivity contribution in [2.75, 3.05) is 6.54 Å². The molecule has 0 aromatic carbocycles. The molecule has 4 heteroatoms. The van der Waals surface area contributed by atoms with Crippen LogP contribution in [0, 0.1) is 6.92 Å². The maximum Gasteiger partial charge on any atom is 0.223 e. The van der Waals surface area contributed by atoms with Crippen LogP contribution in [0.5, 0.6) is 11.6 Å². The second-order valence-corrected chi connectivity index (χ2v) is 3.99. The zero-order valence-electron chi connectivity index (χ0n) is 10.7. The van der Waals surface area contributed by atoms with E-state index in [1.165, 1.54) is 0 Å². The van der Waals surface area contributed by atoms with Gasteiger partial charge in [-0.05, 0) is 31.7 Å². The minimum atomic E-state index is 0.629. The summed E-state index contributed by atoms with van der Waals surface area (Å²) in [6.07, 6.45) is 3.44. The van der Waals surface area contributed by atoms with Crippen LogP contribution in [-0.2, 0) is 6.54 Å². The van der Waals surface area contributed by atoms with Gasteiger partial charge in [0.1, 0.15) is 5.75 Å². The molecule has 0 spiro atoms. The van der Waals surface area contributed by atoms with Crippen molar-refractivity contribution in [1.29, 1.82) is 0 Å². The molecule has 0 saturated carbocycles. The van der Waals surface area contributed by atoms with Crippen LogP contribution < -0.4 is 10.1 Å². The standard InChI is InChI=1S/C14H17N3O/c1-3-15-9-12-5-4-8-16-14(12)18-13-7-6-11(2)17-10-13/h4-8,10,15H,3,9H2,1-2H3. The van der Waals surface area contributed by atoms with Gasteiger partial charge in [0.25, 0.3) is 0 Å². The minimum absolute atomic E-state index is 0.629. The maximum atomic E-state index is 5.75. The van der Waals surface area contributed by atoms with Crippen molar-refractivity contribution in [1.82, 2.24) is 15.3 Å². The van der Waals surface area contributed by atoms with Gasteiger partial charge in [0, 0.05) is 24.0 Å². The van der Waals surface area contributed by atoms with Crippen LogP contribution in [0.15, 0.2) is 36.7 Å². The van der Waals surface area contributed by atoms with Gasteiger partial charge < -0.3 is 10.1 Å². The first-order chi connectivity index (χ1) is 8.79. The maximum absolute atomic E-state index is 5.75. The summed E-state index contributed by atoms with van der Waals surface area (Å²) in [5, 5.41) is 3.26. The highest BCUT2D eigenvalue weighted by Gasteiger charge is 2.05. The van der Waals surface area contributed by atoms with Gasteiger partial charge in [0.15, 0.2) is 0 Å². The molecule has 2 rings (SSSR count). The fourth-order valence-corrected chi connectivity index (χ4v) is 1.54. The van der Waals surface area contributed by atoms with Crippen molar-refractivity contribution < 1.29 is 4.74 Å². The van der Waals surface area contributed by atoms with Crippen LogP contribution in [0.4, 0.5) is 0 Å². The number of hydrogen-bond acceptors (Lipinski definition) is 4. The Labute approximate surface area is 107 Å². The average molecular weight is 243 g/mol. The second kappa shape index (κ2) is 6.12. The van der Waals surface area contributed by atoms with Crippen molar-refractivity contribution in [3.05, 3.63) is 47.9 Å². The van der Waals surface area contributed by atoms with Crippen molar-refractivity contribution in [3.63, 3.8) is 0 Å².